The van der Waals surface area contributed by atoms with Crippen molar-refractivity contribution in [3.63, 3.8) is 0 Å². The minimum Gasteiger partial charge on any atom is -0.334 e. The number of nitrogens with one attached hydrogen (secondary N) is 1. The quantitative estimate of drug-likeness (QED) is 0.680. The molecule has 1 fully saturated rings. The Labute approximate surface area is 162 Å². The molecule has 3 aromatic rings. The number of quaternary nitrogens is 1. The van der Waals surface area contributed by atoms with Crippen LogP contribution >= 0.6 is 11.3 Å². The van der Waals surface area contributed by atoms with Gasteiger partial charge in [0.2, 0.25) is 5.82 Å². The van der Waals surface area contributed by atoms with E-state index in [1.807, 2.05) is 11.8 Å². The standard InChI is InChI=1S/C19H24N6OS/c1-11-5-4-6-13-14(11)15-17-21-16(19(26)24-9-7-23(3)8-10-24)22-25(17)12(2)20-18(15)27-13/h11H,4-10H2,1-3H3/p+1/t11-/m0/s1. The zero-order valence-electron chi connectivity index (χ0n) is 16.1. The first kappa shape index (κ1) is 17.1. The maximum absolute atomic E-state index is 13.0. The molecule has 1 aliphatic heterocycles. The number of hydrogen-bond donors (Lipinski definition) is 1. The topological polar surface area (TPSA) is 67.8 Å². The molecule has 27 heavy (non-hydrogen) atoms. The molecule has 0 bridgehead atoms. The molecule has 0 saturated carbocycles. The van der Waals surface area contributed by atoms with E-state index in [1.54, 1.807) is 15.9 Å². The van der Waals surface area contributed by atoms with Gasteiger partial charge in [-0.1, -0.05) is 6.92 Å². The Morgan fingerprint density at radius 3 is 2.81 bits per heavy atom. The summed E-state index contributed by atoms with van der Waals surface area (Å²) >= 11 is 1.79. The lowest BCUT2D eigenvalue weighted by molar-refractivity contribution is -0.883. The van der Waals surface area contributed by atoms with E-state index in [0.717, 1.165) is 54.3 Å². The highest BCUT2D eigenvalue weighted by Gasteiger charge is 2.29. The number of amides is 1. The molecule has 0 aromatic carbocycles. The Bertz CT molecular complexity index is 1050. The smallest absolute Gasteiger partial charge is 0.293 e. The largest absolute Gasteiger partial charge is 0.334 e. The van der Waals surface area contributed by atoms with Gasteiger partial charge in [-0.15, -0.1) is 16.4 Å². The van der Waals surface area contributed by atoms with Gasteiger partial charge in [0.05, 0.1) is 38.6 Å². The van der Waals surface area contributed by atoms with Crippen LogP contribution in [0.4, 0.5) is 0 Å². The Hall–Kier alpha value is -2.06. The van der Waals surface area contributed by atoms with E-state index >= 15 is 0 Å². The fourth-order valence-corrected chi connectivity index (χ4v) is 5.78. The number of rotatable bonds is 1. The molecule has 0 unspecified atom stereocenters. The lowest BCUT2D eigenvalue weighted by Gasteiger charge is -2.29. The van der Waals surface area contributed by atoms with Crippen LogP contribution in [0.1, 0.15) is 52.6 Å². The monoisotopic (exact) mass is 385 g/mol. The van der Waals surface area contributed by atoms with Crippen molar-refractivity contribution in [2.24, 2.45) is 0 Å². The van der Waals surface area contributed by atoms with Gasteiger partial charge >= 0.3 is 0 Å². The van der Waals surface area contributed by atoms with Gasteiger partial charge < -0.3 is 9.80 Å². The molecule has 0 radical (unpaired) electrons. The summed E-state index contributed by atoms with van der Waals surface area (Å²) in [6.45, 7) is 7.70. The number of aromatic nitrogens is 4. The predicted octanol–water partition coefficient (Wildman–Crippen LogP) is 1.06. The fourth-order valence-electron chi connectivity index (χ4n) is 4.41. The third kappa shape index (κ3) is 2.65. The predicted molar refractivity (Wildman–Crippen MR) is 105 cm³/mol. The average Bonchev–Trinajstić information content (AvgIpc) is 3.24. The Kier molecular flexibility index (Phi) is 3.94. The van der Waals surface area contributed by atoms with Crippen LogP contribution in [0.5, 0.6) is 0 Å². The lowest BCUT2D eigenvalue weighted by Crippen LogP contribution is -3.12. The molecule has 2 aliphatic rings. The van der Waals surface area contributed by atoms with Crippen molar-refractivity contribution >= 4 is 33.1 Å². The molecule has 3 aromatic heterocycles. The van der Waals surface area contributed by atoms with Crippen LogP contribution in [0.3, 0.4) is 0 Å². The molecule has 1 aliphatic carbocycles. The third-order valence-corrected chi connectivity index (χ3v) is 7.19. The van der Waals surface area contributed by atoms with Crippen molar-refractivity contribution in [2.75, 3.05) is 33.2 Å². The van der Waals surface area contributed by atoms with E-state index in [9.17, 15) is 4.79 Å². The van der Waals surface area contributed by atoms with Gasteiger partial charge in [-0.25, -0.2) is 9.97 Å². The normalized spacial score (nSPS) is 21.1. The van der Waals surface area contributed by atoms with Crippen LogP contribution in [0.15, 0.2) is 0 Å². The summed E-state index contributed by atoms with van der Waals surface area (Å²) in [4.78, 5) is 28.3. The second-order valence-electron chi connectivity index (χ2n) is 7.99. The number of carbonyl (C=O) groups excluding carboxylic acids is 1. The van der Waals surface area contributed by atoms with Crippen molar-refractivity contribution in [1.29, 1.82) is 0 Å². The molecule has 5 rings (SSSR count). The van der Waals surface area contributed by atoms with Gasteiger partial charge in [-0.3, -0.25) is 4.79 Å². The van der Waals surface area contributed by atoms with Gasteiger partial charge in [0.15, 0.2) is 5.65 Å². The highest BCUT2D eigenvalue weighted by molar-refractivity contribution is 7.19. The highest BCUT2D eigenvalue weighted by atomic mass is 32.1. The number of thiophene rings is 1. The molecule has 4 heterocycles. The number of carbonyl (C=O) groups is 1. The maximum atomic E-state index is 13.0. The number of aryl methyl sites for hydroxylation is 2. The number of piperazine rings is 1. The molecule has 8 heteroatoms. The zero-order chi connectivity index (χ0) is 18.7. The van der Waals surface area contributed by atoms with Crippen molar-refractivity contribution in [1.82, 2.24) is 24.5 Å². The summed E-state index contributed by atoms with van der Waals surface area (Å²) < 4.78 is 1.77. The molecule has 1 saturated heterocycles. The number of fused-ring (bicyclic) bond motifs is 5. The molecule has 1 amide bonds. The average molecular weight is 386 g/mol. The van der Waals surface area contributed by atoms with Crippen molar-refractivity contribution in [3.05, 3.63) is 22.1 Å². The summed E-state index contributed by atoms with van der Waals surface area (Å²) in [6.07, 6.45) is 3.55. The first-order chi connectivity index (χ1) is 13.0. The third-order valence-electron chi connectivity index (χ3n) is 6.03. The maximum Gasteiger partial charge on any atom is 0.293 e. The number of nitrogens with zero attached hydrogens (tertiary/aromatic N) is 5. The molecule has 7 nitrogen and oxygen atoms in total. The Balaban J connectivity index is 1.64. The van der Waals surface area contributed by atoms with Crippen LogP contribution in [0, 0.1) is 6.92 Å². The van der Waals surface area contributed by atoms with Crippen LogP contribution in [-0.2, 0) is 6.42 Å². The minimum absolute atomic E-state index is 0.0594. The minimum atomic E-state index is -0.0594. The zero-order valence-corrected chi connectivity index (χ0v) is 16.9. The Morgan fingerprint density at radius 1 is 1.26 bits per heavy atom. The van der Waals surface area contributed by atoms with E-state index < -0.39 is 0 Å². The summed E-state index contributed by atoms with van der Waals surface area (Å²) in [6, 6.07) is 0. The van der Waals surface area contributed by atoms with Crippen LogP contribution in [-0.4, -0.2) is 63.6 Å². The summed E-state index contributed by atoms with van der Waals surface area (Å²) in [5.41, 5.74) is 2.18. The Morgan fingerprint density at radius 2 is 2.04 bits per heavy atom. The van der Waals surface area contributed by atoms with Gasteiger partial charge in [-0.05, 0) is 37.7 Å². The van der Waals surface area contributed by atoms with Crippen molar-refractivity contribution in [2.45, 2.75) is 39.0 Å². The second kappa shape index (κ2) is 6.24. The van der Waals surface area contributed by atoms with Crippen LogP contribution in [0.2, 0.25) is 0 Å². The number of likely N-dealkylation sites (N-methyl/N-ethyl adjacent to an activating group) is 1. The summed E-state index contributed by atoms with van der Waals surface area (Å²) in [5, 5.41) is 5.67. The van der Waals surface area contributed by atoms with Crippen LogP contribution in [0.25, 0.3) is 15.9 Å². The SMILES string of the molecule is Cc1nc2sc3c(c2c2nc(C(=O)N4CC[NH+](C)CC4)nn12)[C@@H](C)CCC3. The van der Waals surface area contributed by atoms with Crippen molar-refractivity contribution < 1.29 is 9.69 Å². The highest BCUT2D eigenvalue weighted by Crippen LogP contribution is 2.42. The molecule has 1 atom stereocenters. The second-order valence-corrected chi connectivity index (χ2v) is 9.08. The van der Waals surface area contributed by atoms with Crippen molar-refractivity contribution in [3.8, 4) is 0 Å². The first-order valence-electron chi connectivity index (χ1n) is 9.82. The molecule has 0 spiro atoms. The fraction of sp³-hybridized carbons (Fsp3) is 0.579. The van der Waals surface area contributed by atoms with E-state index in [4.69, 9.17) is 9.97 Å². The van der Waals surface area contributed by atoms with E-state index in [1.165, 1.54) is 28.2 Å². The molecular weight excluding hydrogens is 360 g/mol. The van der Waals surface area contributed by atoms with Gasteiger partial charge in [-0.2, -0.15) is 4.52 Å². The first-order valence-corrected chi connectivity index (χ1v) is 10.6. The van der Waals surface area contributed by atoms with Crippen LogP contribution < -0.4 is 4.90 Å². The van der Waals surface area contributed by atoms with E-state index in [0.29, 0.717) is 11.7 Å². The van der Waals surface area contributed by atoms with Gasteiger partial charge in [0.25, 0.3) is 5.91 Å². The number of hydrogen-bond acceptors (Lipinski definition) is 5. The summed E-state index contributed by atoms with van der Waals surface area (Å²) in [7, 11) is 2.16. The van der Waals surface area contributed by atoms with E-state index in [-0.39, 0.29) is 5.91 Å². The molecule has 1 N–H and O–H groups in total. The lowest BCUT2D eigenvalue weighted by atomic mass is 9.87. The van der Waals surface area contributed by atoms with Gasteiger partial charge in [0.1, 0.15) is 10.7 Å². The molecular formula is C19H25N6OS+. The van der Waals surface area contributed by atoms with Gasteiger partial charge in [0, 0.05) is 4.88 Å². The van der Waals surface area contributed by atoms with E-state index in [2.05, 4.69) is 19.1 Å². The summed E-state index contributed by atoms with van der Waals surface area (Å²) in [5.74, 6) is 1.54. The molecule has 142 valence electrons.